The monoisotopic (exact) mass is 871 g/mol. The molecule has 0 rings (SSSR count). The highest BCUT2D eigenvalue weighted by atomic mass is 31.2. The van der Waals surface area contributed by atoms with Crippen LogP contribution in [0, 0.1) is 5.92 Å². The summed E-state index contributed by atoms with van der Waals surface area (Å²) in [5.74, 6) is -0.295. The summed E-state index contributed by atoms with van der Waals surface area (Å²) in [6.07, 6.45) is 41.1. The molecular weight excluding hydrogens is 783 g/mol. The molecule has 350 valence electrons. The standard InChI is InChI=1S/C48H87O11P/c1-4-5-6-7-8-9-10-15-19-22-25-28-31-35-44(50)36-33-38-48(53)59-46(42-58-60(54,55)57-40-45(51)39-49)41-56-47(52)37-32-29-26-23-20-17-14-12-11-13-16-18-21-24-27-30-34-43(2)3/h8-9,15,19,25,28,31,35,43-46,49-51H,4-7,10-14,16-18,20-24,26-27,29-30,32-34,36-42H2,1-3H3,(H,54,55)/b9-8-,19-15-,28-25-,35-31+/t44-,45-,46+/m0/s1. The molecule has 0 bridgehead atoms. The molecule has 0 aromatic heterocycles. The molecule has 12 heteroatoms. The van der Waals surface area contributed by atoms with E-state index in [0.29, 0.717) is 19.3 Å². The van der Waals surface area contributed by atoms with Crippen LogP contribution in [-0.2, 0) is 32.7 Å². The van der Waals surface area contributed by atoms with Gasteiger partial charge < -0.3 is 29.7 Å². The van der Waals surface area contributed by atoms with Gasteiger partial charge in [-0.1, -0.05) is 185 Å². The Balaban J connectivity index is 4.40. The minimum atomic E-state index is -4.67. The van der Waals surface area contributed by atoms with Crippen LogP contribution in [0.1, 0.15) is 194 Å². The van der Waals surface area contributed by atoms with Crippen molar-refractivity contribution in [1.29, 1.82) is 0 Å². The van der Waals surface area contributed by atoms with Crippen molar-refractivity contribution in [2.24, 2.45) is 5.92 Å². The molecule has 0 amide bonds. The maximum atomic E-state index is 12.6. The third kappa shape index (κ3) is 42.6. The molecular formula is C48H87O11P. The van der Waals surface area contributed by atoms with Gasteiger partial charge in [0.1, 0.15) is 12.7 Å². The number of hydrogen-bond donors (Lipinski definition) is 4. The van der Waals surface area contributed by atoms with Crippen LogP contribution in [0.25, 0.3) is 0 Å². The first-order valence-corrected chi connectivity index (χ1v) is 25.1. The quantitative estimate of drug-likeness (QED) is 0.0151. The fourth-order valence-electron chi connectivity index (χ4n) is 6.34. The number of allylic oxidation sites excluding steroid dienone is 7. The summed E-state index contributed by atoms with van der Waals surface area (Å²) >= 11 is 0. The summed E-state index contributed by atoms with van der Waals surface area (Å²) in [7, 11) is -4.67. The number of carbonyl (C=O) groups excluding carboxylic acids is 2. The number of phosphoric ester groups is 1. The second-order valence-electron chi connectivity index (χ2n) is 16.5. The molecule has 4 atom stereocenters. The first-order chi connectivity index (χ1) is 29.0. The highest BCUT2D eigenvalue weighted by molar-refractivity contribution is 7.47. The van der Waals surface area contributed by atoms with Gasteiger partial charge in [0.05, 0.1) is 25.9 Å². The van der Waals surface area contributed by atoms with Gasteiger partial charge in [-0.25, -0.2) is 4.57 Å². The van der Waals surface area contributed by atoms with Crippen LogP contribution in [0.15, 0.2) is 48.6 Å². The van der Waals surface area contributed by atoms with E-state index < -0.39 is 57.9 Å². The molecule has 0 fully saturated rings. The van der Waals surface area contributed by atoms with E-state index in [1.54, 1.807) is 12.2 Å². The summed E-state index contributed by atoms with van der Waals surface area (Å²) in [4.78, 5) is 35.1. The Hall–Kier alpha value is -2.11. The second-order valence-corrected chi connectivity index (χ2v) is 17.9. The van der Waals surface area contributed by atoms with Gasteiger partial charge in [0.25, 0.3) is 0 Å². The van der Waals surface area contributed by atoms with Crippen molar-refractivity contribution >= 4 is 19.8 Å². The van der Waals surface area contributed by atoms with Crippen molar-refractivity contribution in [2.45, 2.75) is 212 Å². The Kier molecular flexibility index (Phi) is 40.7. The molecule has 0 aromatic carbocycles. The normalized spacial score (nSPS) is 14.8. The third-order valence-corrected chi connectivity index (χ3v) is 11.0. The number of hydrogen-bond acceptors (Lipinski definition) is 10. The van der Waals surface area contributed by atoms with Gasteiger partial charge in [-0.2, -0.15) is 0 Å². The van der Waals surface area contributed by atoms with E-state index in [4.69, 9.17) is 19.1 Å². The summed E-state index contributed by atoms with van der Waals surface area (Å²) in [5, 5.41) is 28.7. The molecule has 60 heavy (non-hydrogen) atoms. The second kappa shape index (κ2) is 42.2. The third-order valence-electron chi connectivity index (χ3n) is 10.0. The molecule has 0 radical (unpaired) electrons. The predicted octanol–water partition coefficient (Wildman–Crippen LogP) is 11.7. The zero-order valence-electron chi connectivity index (χ0n) is 37.9. The van der Waals surface area contributed by atoms with Crippen LogP contribution in [0.2, 0.25) is 0 Å². The average Bonchev–Trinajstić information content (AvgIpc) is 3.22. The molecule has 11 nitrogen and oxygen atoms in total. The summed E-state index contributed by atoms with van der Waals surface area (Å²) in [6, 6.07) is 0. The van der Waals surface area contributed by atoms with E-state index in [0.717, 1.165) is 44.4 Å². The minimum Gasteiger partial charge on any atom is -0.462 e. The molecule has 0 aromatic rings. The molecule has 0 heterocycles. The fraction of sp³-hybridized carbons (Fsp3) is 0.792. The smallest absolute Gasteiger partial charge is 0.462 e. The maximum absolute atomic E-state index is 12.6. The molecule has 0 saturated heterocycles. The number of phosphoric acid groups is 1. The molecule has 0 aliphatic rings. The Bertz CT molecular complexity index is 1170. The topological polar surface area (TPSA) is 169 Å². The van der Waals surface area contributed by atoms with E-state index in [9.17, 15) is 29.3 Å². The lowest BCUT2D eigenvalue weighted by molar-refractivity contribution is -0.161. The summed E-state index contributed by atoms with van der Waals surface area (Å²) in [6.45, 7) is 4.49. The van der Waals surface area contributed by atoms with E-state index in [1.807, 2.05) is 12.2 Å². The highest BCUT2D eigenvalue weighted by Crippen LogP contribution is 2.43. The zero-order valence-corrected chi connectivity index (χ0v) is 38.8. The number of ether oxygens (including phenoxy) is 2. The van der Waals surface area contributed by atoms with Crippen molar-refractivity contribution in [3.63, 3.8) is 0 Å². The van der Waals surface area contributed by atoms with Gasteiger partial charge >= 0.3 is 19.8 Å². The first-order valence-electron chi connectivity index (χ1n) is 23.6. The number of aliphatic hydroxyl groups excluding tert-OH is 3. The van der Waals surface area contributed by atoms with Crippen LogP contribution < -0.4 is 0 Å². The average molecular weight is 871 g/mol. The molecule has 1 unspecified atom stereocenters. The molecule has 0 aliphatic heterocycles. The van der Waals surface area contributed by atoms with Gasteiger partial charge in [-0.3, -0.25) is 18.6 Å². The number of esters is 2. The summed E-state index contributed by atoms with van der Waals surface area (Å²) < 4.78 is 32.6. The number of unbranched alkanes of at least 4 members (excludes halogenated alkanes) is 18. The zero-order chi connectivity index (χ0) is 44.4. The SMILES string of the molecule is CCCCC/C=C\C/C=C\C/C=C\C=C\[C@H](O)CCCC(=O)O[C@H](COC(=O)CCCCCCCCCCCCCCCCCCC(C)C)COP(=O)(O)OC[C@@H](O)CO. The maximum Gasteiger partial charge on any atom is 0.472 e. The summed E-state index contributed by atoms with van der Waals surface area (Å²) in [5.41, 5.74) is 0. The Morgan fingerprint density at radius 3 is 1.72 bits per heavy atom. The highest BCUT2D eigenvalue weighted by Gasteiger charge is 2.27. The van der Waals surface area contributed by atoms with E-state index >= 15 is 0 Å². The number of carbonyl (C=O) groups is 2. The lowest BCUT2D eigenvalue weighted by atomic mass is 10.0. The molecule has 0 saturated carbocycles. The van der Waals surface area contributed by atoms with Crippen molar-refractivity contribution in [3.8, 4) is 0 Å². The van der Waals surface area contributed by atoms with Crippen molar-refractivity contribution in [3.05, 3.63) is 48.6 Å². The Labute approximate surface area is 365 Å². The van der Waals surface area contributed by atoms with Gasteiger partial charge in [-0.05, 0) is 50.9 Å². The van der Waals surface area contributed by atoms with Gasteiger partial charge in [0.2, 0.25) is 0 Å². The van der Waals surface area contributed by atoms with Crippen molar-refractivity contribution in [2.75, 3.05) is 26.4 Å². The Morgan fingerprint density at radius 2 is 1.13 bits per heavy atom. The lowest BCUT2D eigenvalue weighted by Crippen LogP contribution is -2.30. The van der Waals surface area contributed by atoms with Crippen LogP contribution in [0.3, 0.4) is 0 Å². The Morgan fingerprint density at radius 1 is 0.600 bits per heavy atom. The minimum absolute atomic E-state index is 0.0438. The van der Waals surface area contributed by atoms with Crippen LogP contribution in [0.4, 0.5) is 0 Å². The first kappa shape index (κ1) is 57.9. The van der Waals surface area contributed by atoms with Crippen molar-refractivity contribution < 1.29 is 52.9 Å². The van der Waals surface area contributed by atoms with Crippen LogP contribution in [-0.4, -0.2) is 76.9 Å². The van der Waals surface area contributed by atoms with Gasteiger partial charge in [-0.15, -0.1) is 0 Å². The van der Waals surface area contributed by atoms with Gasteiger partial charge in [0.15, 0.2) is 6.10 Å². The van der Waals surface area contributed by atoms with E-state index in [-0.39, 0.29) is 19.4 Å². The molecule has 0 spiro atoms. The van der Waals surface area contributed by atoms with Crippen LogP contribution in [0.5, 0.6) is 0 Å². The largest absolute Gasteiger partial charge is 0.472 e. The molecule has 0 aliphatic carbocycles. The van der Waals surface area contributed by atoms with Crippen molar-refractivity contribution in [1.82, 2.24) is 0 Å². The number of rotatable bonds is 43. The molecule has 4 N–H and O–H groups in total. The number of aliphatic hydroxyl groups is 3. The fourth-order valence-corrected chi connectivity index (χ4v) is 7.13. The van der Waals surface area contributed by atoms with Crippen LogP contribution >= 0.6 is 7.82 Å². The van der Waals surface area contributed by atoms with Gasteiger partial charge in [0, 0.05) is 12.8 Å². The predicted molar refractivity (Wildman–Crippen MR) is 243 cm³/mol. The van der Waals surface area contributed by atoms with E-state index in [1.165, 1.54) is 103 Å². The lowest BCUT2D eigenvalue weighted by Gasteiger charge is -2.20. The van der Waals surface area contributed by atoms with E-state index in [2.05, 4.69) is 49.6 Å².